The molecule has 0 aliphatic rings. The maximum absolute atomic E-state index is 5.94. The molecule has 0 saturated carbocycles. The largest absolute Gasteiger partial charge is 0.303 e. The van der Waals surface area contributed by atoms with E-state index in [0.717, 1.165) is 15.9 Å². The second kappa shape index (κ2) is 7.26. The number of nitrogens with one attached hydrogen (secondary N) is 1. The Hall–Kier alpha value is -0.830. The lowest BCUT2D eigenvalue weighted by molar-refractivity contribution is 0.456. The molecule has 106 valence electrons. The van der Waals surface area contributed by atoms with Crippen molar-refractivity contribution in [3.05, 3.63) is 69.2 Å². The molecule has 0 radical (unpaired) electrons. The number of benzene rings is 2. The molecule has 1 unspecified atom stereocenters. The minimum Gasteiger partial charge on any atom is -0.303 e. The smallest absolute Gasteiger partial charge is 0.0406 e. The van der Waals surface area contributed by atoms with Crippen LogP contribution < -0.4 is 5.32 Å². The molecule has 0 saturated heterocycles. The first-order chi connectivity index (χ1) is 9.60. The Morgan fingerprint density at radius 1 is 1.00 bits per heavy atom. The molecule has 0 spiro atoms. The van der Waals surface area contributed by atoms with Crippen molar-refractivity contribution in [2.45, 2.75) is 32.4 Å². The van der Waals surface area contributed by atoms with E-state index in [0.29, 0.717) is 12.1 Å². The first kappa shape index (κ1) is 15.6. The second-order valence-electron chi connectivity index (χ2n) is 4.95. The van der Waals surface area contributed by atoms with E-state index in [1.165, 1.54) is 11.1 Å². The van der Waals surface area contributed by atoms with Crippen molar-refractivity contribution < 1.29 is 0 Å². The molecule has 0 heterocycles. The molecule has 2 aromatic rings. The first-order valence-electron chi connectivity index (χ1n) is 6.87. The van der Waals surface area contributed by atoms with E-state index in [9.17, 15) is 0 Å². The Morgan fingerprint density at radius 3 is 2.10 bits per heavy atom. The van der Waals surface area contributed by atoms with Gasteiger partial charge in [0.2, 0.25) is 0 Å². The zero-order valence-corrected chi connectivity index (χ0v) is 14.1. The standard InChI is InChI=1S/C17H19BrClN/c1-3-17(14-4-8-15(18)9-5-14)20-12(2)13-6-10-16(19)11-7-13/h4-12,17,20H,3H2,1-2H3/t12-,17?/m1/s1. The van der Waals surface area contributed by atoms with Gasteiger partial charge >= 0.3 is 0 Å². The predicted octanol–water partition coefficient (Wildman–Crippen LogP) is 5.90. The summed E-state index contributed by atoms with van der Waals surface area (Å²) in [6.07, 6.45) is 1.06. The van der Waals surface area contributed by atoms with E-state index in [1.807, 2.05) is 12.1 Å². The third kappa shape index (κ3) is 4.08. The molecule has 0 aliphatic carbocycles. The van der Waals surface area contributed by atoms with Crippen LogP contribution >= 0.6 is 27.5 Å². The van der Waals surface area contributed by atoms with Crippen LogP contribution in [0.15, 0.2) is 53.0 Å². The topological polar surface area (TPSA) is 12.0 Å². The zero-order valence-electron chi connectivity index (χ0n) is 11.7. The molecular formula is C17H19BrClN. The summed E-state index contributed by atoms with van der Waals surface area (Å²) in [4.78, 5) is 0. The fourth-order valence-corrected chi connectivity index (χ4v) is 2.68. The van der Waals surface area contributed by atoms with Crippen molar-refractivity contribution in [1.82, 2.24) is 5.32 Å². The Kier molecular flexibility index (Phi) is 5.64. The summed E-state index contributed by atoms with van der Waals surface area (Å²) in [5.74, 6) is 0. The van der Waals surface area contributed by atoms with E-state index in [1.54, 1.807) is 0 Å². The summed E-state index contributed by atoms with van der Waals surface area (Å²) in [6.45, 7) is 4.39. The van der Waals surface area contributed by atoms with Gasteiger partial charge in [-0.25, -0.2) is 0 Å². The lowest BCUT2D eigenvalue weighted by Gasteiger charge is -2.23. The third-order valence-electron chi connectivity index (χ3n) is 3.50. The van der Waals surface area contributed by atoms with Gasteiger partial charge in [0.05, 0.1) is 0 Å². The minimum atomic E-state index is 0.292. The van der Waals surface area contributed by atoms with E-state index < -0.39 is 0 Å². The highest BCUT2D eigenvalue weighted by Crippen LogP contribution is 2.24. The Morgan fingerprint density at radius 2 is 1.55 bits per heavy atom. The summed E-state index contributed by atoms with van der Waals surface area (Å²) < 4.78 is 1.11. The van der Waals surface area contributed by atoms with Gasteiger partial charge in [-0.15, -0.1) is 0 Å². The van der Waals surface area contributed by atoms with E-state index in [2.05, 4.69) is 71.5 Å². The molecule has 0 bridgehead atoms. The van der Waals surface area contributed by atoms with Gasteiger partial charge in [0.15, 0.2) is 0 Å². The lowest BCUT2D eigenvalue weighted by Crippen LogP contribution is -2.24. The maximum atomic E-state index is 5.94. The first-order valence-corrected chi connectivity index (χ1v) is 8.04. The molecule has 0 amide bonds. The van der Waals surface area contributed by atoms with Crippen molar-refractivity contribution in [3.8, 4) is 0 Å². The lowest BCUT2D eigenvalue weighted by atomic mass is 10.0. The fourth-order valence-electron chi connectivity index (χ4n) is 2.29. The van der Waals surface area contributed by atoms with E-state index in [4.69, 9.17) is 11.6 Å². The highest BCUT2D eigenvalue weighted by Gasteiger charge is 2.13. The Bertz CT molecular complexity index is 536. The monoisotopic (exact) mass is 351 g/mol. The molecule has 1 N–H and O–H groups in total. The molecule has 2 aromatic carbocycles. The normalized spacial score (nSPS) is 14.0. The van der Waals surface area contributed by atoms with Crippen molar-refractivity contribution in [1.29, 1.82) is 0 Å². The molecule has 2 atom stereocenters. The van der Waals surface area contributed by atoms with Crippen LogP contribution in [0.2, 0.25) is 5.02 Å². The van der Waals surface area contributed by atoms with Gasteiger partial charge in [-0.05, 0) is 48.7 Å². The van der Waals surface area contributed by atoms with E-state index >= 15 is 0 Å². The number of hydrogen-bond donors (Lipinski definition) is 1. The van der Waals surface area contributed by atoms with Crippen LogP contribution in [0.3, 0.4) is 0 Å². The van der Waals surface area contributed by atoms with Crippen LogP contribution in [0.5, 0.6) is 0 Å². The highest BCUT2D eigenvalue weighted by atomic mass is 79.9. The average molecular weight is 353 g/mol. The minimum absolute atomic E-state index is 0.292. The maximum Gasteiger partial charge on any atom is 0.0406 e. The van der Waals surface area contributed by atoms with Gasteiger partial charge in [0, 0.05) is 21.6 Å². The summed E-state index contributed by atoms with van der Waals surface area (Å²) >= 11 is 9.41. The predicted molar refractivity (Wildman–Crippen MR) is 90.2 cm³/mol. The van der Waals surface area contributed by atoms with Gasteiger partial charge in [-0.1, -0.05) is 58.7 Å². The third-order valence-corrected chi connectivity index (χ3v) is 4.28. The number of rotatable bonds is 5. The number of hydrogen-bond acceptors (Lipinski definition) is 1. The van der Waals surface area contributed by atoms with Crippen LogP contribution in [0, 0.1) is 0 Å². The summed E-state index contributed by atoms with van der Waals surface area (Å²) in [6, 6.07) is 17.2. The van der Waals surface area contributed by atoms with Crippen molar-refractivity contribution in [2.24, 2.45) is 0 Å². The summed E-state index contributed by atoms with van der Waals surface area (Å²) in [7, 11) is 0. The van der Waals surface area contributed by atoms with Crippen LogP contribution in [0.4, 0.5) is 0 Å². The Balaban J connectivity index is 2.09. The number of halogens is 2. The zero-order chi connectivity index (χ0) is 14.5. The van der Waals surface area contributed by atoms with Crippen molar-refractivity contribution in [2.75, 3.05) is 0 Å². The quantitative estimate of drug-likeness (QED) is 0.706. The fraction of sp³-hybridized carbons (Fsp3) is 0.294. The van der Waals surface area contributed by atoms with Crippen molar-refractivity contribution >= 4 is 27.5 Å². The molecule has 0 aromatic heterocycles. The van der Waals surface area contributed by atoms with Gasteiger partial charge in [-0.2, -0.15) is 0 Å². The van der Waals surface area contributed by atoms with Gasteiger partial charge < -0.3 is 5.32 Å². The SMILES string of the molecule is CCC(N[C@H](C)c1ccc(Cl)cc1)c1ccc(Br)cc1. The molecule has 3 heteroatoms. The van der Waals surface area contributed by atoms with Gasteiger partial charge in [0.25, 0.3) is 0 Å². The summed E-state index contributed by atoms with van der Waals surface area (Å²) in [5, 5.41) is 4.46. The molecule has 0 fully saturated rings. The Labute approximate surface area is 134 Å². The molecule has 2 rings (SSSR count). The molecule has 1 nitrogen and oxygen atoms in total. The summed E-state index contributed by atoms with van der Waals surface area (Å²) in [5.41, 5.74) is 2.57. The average Bonchev–Trinajstić information content (AvgIpc) is 2.46. The molecule has 0 aliphatic heterocycles. The van der Waals surface area contributed by atoms with Crippen LogP contribution in [-0.4, -0.2) is 0 Å². The van der Waals surface area contributed by atoms with E-state index in [-0.39, 0.29) is 0 Å². The second-order valence-corrected chi connectivity index (χ2v) is 6.30. The molecule has 20 heavy (non-hydrogen) atoms. The van der Waals surface area contributed by atoms with Crippen molar-refractivity contribution in [3.63, 3.8) is 0 Å². The molecular weight excluding hydrogens is 334 g/mol. The van der Waals surface area contributed by atoms with Crippen LogP contribution in [0.1, 0.15) is 43.5 Å². The van der Waals surface area contributed by atoms with Crippen LogP contribution in [0.25, 0.3) is 0 Å². The van der Waals surface area contributed by atoms with Gasteiger partial charge in [-0.3, -0.25) is 0 Å². The highest BCUT2D eigenvalue weighted by molar-refractivity contribution is 9.10. The van der Waals surface area contributed by atoms with Crippen LogP contribution in [-0.2, 0) is 0 Å². The van der Waals surface area contributed by atoms with Gasteiger partial charge in [0.1, 0.15) is 0 Å².